The van der Waals surface area contributed by atoms with Crippen molar-refractivity contribution in [3.63, 3.8) is 0 Å². The first kappa shape index (κ1) is 10.5. The lowest BCUT2D eigenvalue weighted by molar-refractivity contribution is 0.0932. The number of aromatic nitrogens is 2. The van der Waals surface area contributed by atoms with Gasteiger partial charge in [-0.3, -0.25) is 4.79 Å². The molecule has 0 radical (unpaired) electrons. The number of amides is 1. The fraction of sp³-hybridized carbons (Fsp3) is 0.500. The zero-order valence-corrected chi connectivity index (χ0v) is 9.83. The van der Waals surface area contributed by atoms with Crippen molar-refractivity contribution < 1.29 is 4.79 Å². The van der Waals surface area contributed by atoms with Crippen LogP contribution < -0.4 is 5.32 Å². The average molecular weight is 270 g/mol. The maximum absolute atomic E-state index is 11.8. The Kier molecular flexibility index (Phi) is 3.30. The van der Waals surface area contributed by atoms with Gasteiger partial charge in [0.15, 0.2) is 0 Å². The van der Waals surface area contributed by atoms with Gasteiger partial charge < -0.3 is 5.32 Å². The predicted octanol–water partition coefficient (Wildman–Crippen LogP) is 1.91. The summed E-state index contributed by atoms with van der Waals surface area (Å²) >= 11 is 3.26. The van der Waals surface area contributed by atoms with E-state index >= 15 is 0 Å². The van der Waals surface area contributed by atoms with E-state index in [1.165, 1.54) is 19.2 Å². The van der Waals surface area contributed by atoms with E-state index in [1.807, 2.05) is 0 Å². The summed E-state index contributed by atoms with van der Waals surface area (Å²) in [6.45, 7) is 0. The SMILES string of the molecule is O=C(NC1CCCC1)c1ncncc1Br. The minimum Gasteiger partial charge on any atom is -0.348 e. The third kappa shape index (κ3) is 2.53. The predicted molar refractivity (Wildman–Crippen MR) is 59.5 cm³/mol. The van der Waals surface area contributed by atoms with Crippen LogP contribution in [0.15, 0.2) is 17.0 Å². The number of hydrogen-bond donors (Lipinski definition) is 1. The number of carbonyl (C=O) groups excluding carboxylic acids is 1. The molecule has 1 aliphatic carbocycles. The van der Waals surface area contributed by atoms with Gasteiger partial charge >= 0.3 is 0 Å². The van der Waals surface area contributed by atoms with Crippen LogP contribution in [0.4, 0.5) is 0 Å². The topological polar surface area (TPSA) is 54.9 Å². The second-order valence-corrected chi connectivity index (χ2v) is 4.53. The molecule has 1 N–H and O–H groups in total. The Balaban J connectivity index is 2.04. The summed E-state index contributed by atoms with van der Waals surface area (Å²) in [4.78, 5) is 19.6. The Morgan fingerprint density at radius 3 is 2.87 bits per heavy atom. The average Bonchev–Trinajstić information content (AvgIpc) is 2.71. The van der Waals surface area contributed by atoms with Crippen molar-refractivity contribution in [3.05, 3.63) is 22.7 Å². The number of halogens is 1. The van der Waals surface area contributed by atoms with E-state index in [0.29, 0.717) is 16.2 Å². The lowest BCUT2D eigenvalue weighted by atomic mass is 10.2. The summed E-state index contributed by atoms with van der Waals surface area (Å²) < 4.78 is 0.639. The summed E-state index contributed by atoms with van der Waals surface area (Å²) in [6.07, 6.45) is 7.53. The number of hydrogen-bond acceptors (Lipinski definition) is 3. The van der Waals surface area contributed by atoms with Gasteiger partial charge in [-0.2, -0.15) is 0 Å². The molecule has 1 fully saturated rings. The van der Waals surface area contributed by atoms with E-state index in [9.17, 15) is 4.79 Å². The van der Waals surface area contributed by atoms with Crippen LogP contribution >= 0.6 is 15.9 Å². The number of nitrogens with one attached hydrogen (secondary N) is 1. The summed E-state index contributed by atoms with van der Waals surface area (Å²) in [7, 11) is 0. The van der Waals surface area contributed by atoms with Crippen molar-refractivity contribution in [2.45, 2.75) is 31.7 Å². The van der Waals surface area contributed by atoms with Crippen LogP contribution in [0.25, 0.3) is 0 Å². The summed E-state index contributed by atoms with van der Waals surface area (Å²) in [5, 5.41) is 2.98. The molecule has 1 amide bonds. The van der Waals surface area contributed by atoms with Crippen LogP contribution in [0.5, 0.6) is 0 Å². The highest BCUT2D eigenvalue weighted by molar-refractivity contribution is 9.10. The lowest BCUT2D eigenvalue weighted by Crippen LogP contribution is -2.33. The van der Waals surface area contributed by atoms with E-state index in [2.05, 4.69) is 31.2 Å². The Morgan fingerprint density at radius 1 is 1.47 bits per heavy atom. The normalized spacial score (nSPS) is 16.6. The number of carbonyl (C=O) groups is 1. The van der Waals surface area contributed by atoms with Crippen LogP contribution in [0.3, 0.4) is 0 Å². The highest BCUT2D eigenvalue weighted by atomic mass is 79.9. The van der Waals surface area contributed by atoms with Crippen molar-refractivity contribution in [2.75, 3.05) is 0 Å². The standard InChI is InChI=1S/C10H12BrN3O/c11-8-5-12-6-13-9(8)10(15)14-7-3-1-2-4-7/h5-7H,1-4H2,(H,14,15). The van der Waals surface area contributed by atoms with Crippen molar-refractivity contribution in [2.24, 2.45) is 0 Å². The molecule has 0 aliphatic heterocycles. The maximum Gasteiger partial charge on any atom is 0.271 e. The molecule has 0 aromatic carbocycles. The largest absolute Gasteiger partial charge is 0.348 e. The third-order valence-corrected chi connectivity index (χ3v) is 3.15. The van der Waals surface area contributed by atoms with Gasteiger partial charge in [0, 0.05) is 12.2 Å². The van der Waals surface area contributed by atoms with Crippen molar-refractivity contribution in [1.82, 2.24) is 15.3 Å². The zero-order valence-electron chi connectivity index (χ0n) is 8.24. The van der Waals surface area contributed by atoms with E-state index < -0.39 is 0 Å². The molecule has 0 unspecified atom stereocenters. The first-order chi connectivity index (χ1) is 7.27. The Labute approximate surface area is 96.6 Å². The van der Waals surface area contributed by atoms with Crippen LogP contribution in [0, 0.1) is 0 Å². The fourth-order valence-electron chi connectivity index (χ4n) is 1.80. The molecule has 4 nitrogen and oxygen atoms in total. The molecule has 2 rings (SSSR count). The Hall–Kier alpha value is -0.970. The molecule has 0 spiro atoms. The van der Waals surface area contributed by atoms with Gasteiger partial charge in [-0.05, 0) is 28.8 Å². The molecule has 15 heavy (non-hydrogen) atoms. The van der Waals surface area contributed by atoms with Crippen LogP contribution in [0.1, 0.15) is 36.2 Å². The van der Waals surface area contributed by atoms with Crippen LogP contribution in [-0.4, -0.2) is 21.9 Å². The molecule has 1 aromatic rings. The smallest absolute Gasteiger partial charge is 0.271 e. The maximum atomic E-state index is 11.8. The van der Waals surface area contributed by atoms with E-state index in [1.54, 1.807) is 6.20 Å². The highest BCUT2D eigenvalue weighted by Crippen LogP contribution is 2.19. The molecule has 1 saturated carbocycles. The molecule has 1 heterocycles. The molecular formula is C10H12BrN3O. The minimum atomic E-state index is -0.115. The summed E-state index contributed by atoms with van der Waals surface area (Å²) in [5.74, 6) is -0.115. The van der Waals surface area contributed by atoms with E-state index in [0.717, 1.165) is 12.8 Å². The van der Waals surface area contributed by atoms with E-state index in [-0.39, 0.29) is 5.91 Å². The van der Waals surface area contributed by atoms with Gasteiger partial charge in [0.05, 0.1) is 4.47 Å². The van der Waals surface area contributed by atoms with Gasteiger partial charge in [-0.25, -0.2) is 9.97 Å². The first-order valence-corrected chi connectivity index (χ1v) is 5.83. The monoisotopic (exact) mass is 269 g/mol. The summed E-state index contributed by atoms with van der Waals surface area (Å²) in [6, 6.07) is 0.319. The number of rotatable bonds is 2. The van der Waals surface area contributed by atoms with E-state index in [4.69, 9.17) is 0 Å². The number of nitrogens with zero attached hydrogens (tertiary/aromatic N) is 2. The third-order valence-electron chi connectivity index (χ3n) is 2.57. The zero-order chi connectivity index (χ0) is 10.7. The van der Waals surface area contributed by atoms with Gasteiger partial charge in [-0.1, -0.05) is 12.8 Å². The van der Waals surface area contributed by atoms with Gasteiger partial charge in [0.25, 0.3) is 5.91 Å². The minimum absolute atomic E-state index is 0.115. The highest BCUT2D eigenvalue weighted by Gasteiger charge is 2.19. The van der Waals surface area contributed by atoms with Crippen LogP contribution in [-0.2, 0) is 0 Å². The first-order valence-electron chi connectivity index (χ1n) is 5.04. The van der Waals surface area contributed by atoms with Gasteiger partial charge in [-0.15, -0.1) is 0 Å². The molecule has 80 valence electrons. The Bertz CT molecular complexity index is 363. The van der Waals surface area contributed by atoms with Crippen molar-refractivity contribution >= 4 is 21.8 Å². The second kappa shape index (κ2) is 4.70. The molecular weight excluding hydrogens is 258 g/mol. The molecule has 0 bridgehead atoms. The quantitative estimate of drug-likeness (QED) is 0.893. The lowest BCUT2D eigenvalue weighted by Gasteiger charge is -2.11. The molecule has 0 saturated heterocycles. The molecule has 5 heteroatoms. The van der Waals surface area contributed by atoms with Crippen molar-refractivity contribution in [1.29, 1.82) is 0 Å². The second-order valence-electron chi connectivity index (χ2n) is 3.67. The van der Waals surface area contributed by atoms with Gasteiger partial charge in [0.1, 0.15) is 12.0 Å². The molecule has 1 aliphatic rings. The van der Waals surface area contributed by atoms with Crippen molar-refractivity contribution in [3.8, 4) is 0 Å². The fourth-order valence-corrected chi connectivity index (χ4v) is 2.20. The Morgan fingerprint density at radius 2 is 2.20 bits per heavy atom. The summed E-state index contributed by atoms with van der Waals surface area (Å²) in [5.41, 5.74) is 0.414. The van der Waals surface area contributed by atoms with Crippen LogP contribution in [0.2, 0.25) is 0 Å². The van der Waals surface area contributed by atoms with Gasteiger partial charge in [0.2, 0.25) is 0 Å². The molecule has 1 aromatic heterocycles. The molecule has 0 atom stereocenters.